The molecule has 1 atom stereocenters. The summed E-state index contributed by atoms with van der Waals surface area (Å²) < 4.78 is 14.8. The molecule has 6 heteroatoms. The lowest BCUT2D eigenvalue weighted by molar-refractivity contribution is -0.132. The molecule has 1 fully saturated rings. The van der Waals surface area contributed by atoms with Crippen LogP contribution in [0.25, 0.3) is 5.76 Å². The van der Waals surface area contributed by atoms with Crippen LogP contribution in [0.15, 0.2) is 72.3 Å². The third-order valence-electron chi connectivity index (χ3n) is 5.53. The van der Waals surface area contributed by atoms with E-state index in [1.807, 2.05) is 19.9 Å². The molecule has 0 radical (unpaired) electrons. The molecule has 0 saturated carbocycles. The lowest BCUT2D eigenvalue weighted by atomic mass is 9.94. The van der Waals surface area contributed by atoms with Gasteiger partial charge in [-0.25, -0.2) is 4.39 Å². The van der Waals surface area contributed by atoms with Crippen LogP contribution in [-0.2, 0) is 9.59 Å². The maximum atomic E-state index is 14.8. The lowest BCUT2D eigenvalue weighted by Gasteiger charge is -2.26. The smallest absolute Gasteiger partial charge is 0.300 e. The number of Topliss-reactive ketones (excluding diaryl/α,β-unsaturated/α-hetero) is 1. The summed E-state index contributed by atoms with van der Waals surface area (Å²) in [4.78, 5) is 27.4. The first-order valence-corrected chi connectivity index (χ1v) is 10.1. The van der Waals surface area contributed by atoms with Crippen molar-refractivity contribution in [1.82, 2.24) is 0 Å². The molecular weight excluding hydrogens is 417 g/mol. The van der Waals surface area contributed by atoms with Gasteiger partial charge < -0.3 is 5.11 Å². The van der Waals surface area contributed by atoms with E-state index in [2.05, 4.69) is 0 Å². The van der Waals surface area contributed by atoms with Crippen LogP contribution in [0.3, 0.4) is 0 Å². The van der Waals surface area contributed by atoms with Crippen molar-refractivity contribution in [2.45, 2.75) is 19.9 Å². The van der Waals surface area contributed by atoms with Gasteiger partial charge in [0.1, 0.15) is 11.6 Å². The van der Waals surface area contributed by atoms with Crippen LogP contribution in [-0.4, -0.2) is 16.8 Å². The molecule has 1 saturated heterocycles. The van der Waals surface area contributed by atoms with E-state index >= 15 is 0 Å². The van der Waals surface area contributed by atoms with Gasteiger partial charge >= 0.3 is 0 Å². The van der Waals surface area contributed by atoms with E-state index in [1.165, 1.54) is 23.1 Å². The highest BCUT2D eigenvalue weighted by Gasteiger charge is 2.47. The topological polar surface area (TPSA) is 57.6 Å². The molecule has 1 aliphatic heterocycles. The molecule has 1 unspecified atom stereocenters. The normalized spacial score (nSPS) is 17.9. The Morgan fingerprint density at radius 3 is 2.29 bits per heavy atom. The molecule has 3 aromatic rings. The van der Waals surface area contributed by atoms with Gasteiger partial charge in [0, 0.05) is 21.8 Å². The summed E-state index contributed by atoms with van der Waals surface area (Å²) >= 11 is 5.93. The predicted octanol–water partition coefficient (Wildman–Crippen LogP) is 5.72. The lowest BCUT2D eigenvalue weighted by Crippen LogP contribution is -2.30. The predicted molar refractivity (Wildman–Crippen MR) is 119 cm³/mol. The number of ketones is 1. The second kappa shape index (κ2) is 8.00. The summed E-state index contributed by atoms with van der Waals surface area (Å²) in [5.41, 5.74) is 2.65. The van der Waals surface area contributed by atoms with Gasteiger partial charge in [0.2, 0.25) is 0 Å². The van der Waals surface area contributed by atoms with E-state index in [4.69, 9.17) is 11.6 Å². The van der Waals surface area contributed by atoms with Crippen LogP contribution >= 0.6 is 11.6 Å². The molecule has 1 heterocycles. The zero-order valence-corrected chi connectivity index (χ0v) is 17.7. The van der Waals surface area contributed by atoms with Gasteiger partial charge in [-0.1, -0.05) is 35.9 Å². The standard InChI is InChI=1S/C25H19ClFNO3/c1-14-7-12-18(13-15(14)2)28-22(19-5-3-4-6-20(19)27)21(24(30)25(28)31)23(29)16-8-10-17(26)11-9-16/h3-13,22,29H,1-2H3/b23-21+. The van der Waals surface area contributed by atoms with Crippen LogP contribution < -0.4 is 4.90 Å². The average Bonchev–Trinajstić information content (AvgIpc) is 3.01. The SMILES string of the molecule is Cc1ccc(N2C(=O)C(=O)/C(=C(/O)c3ccc(Cl)cc3)C2c2ccccc2F)cc1C. The Bertz CT molecular complexity index is 1230. The van der Waals surface area contributed by atoms with E-state index in [9.17, 15) is 19.1 Å². The summed E-state index contributed by atoms with van der Waals surface area (Å²) in [6.45, 7) is 3.82. The van der Waals surface area contributed by atoms with Gasteiger partial charge in [-0.15, -0.1) is 0 Å². The fourth-order valence-electron chi connectivity index (χ4n) is 3.73. The van der Waals surface area contributed by atoms with Gasteiger partial charge in [0.15, 0.2) is 0 Å². The molecule has 0 spiro atoms. The van der Waals surface area contributed by atoms with Gasteiger partial charge in [-0.05, 0) is 67.4 Å². The van der Waals surface area contributed by atoms with Gasteiger partial charge in [-0.3, -0.25) is 14.5 Å². The number of benzene rings is 3. The first-order chi connectivity index (χ1) is 14.8. The third-order valence-corrected chi connectivity index (χ3v) is 5.78. The van der Waals surface area contributed by atoms with Crippen molar-refractivity contribution in [2.24, 2.45) is 0 Å². The number of halogens is 2. The molecule has 31 heavy (non-hydrogen) atoms. The second-order valence-electron chi connectivity index (χ2n) is 7.47. The van der Waals surface area contributed by atoms with Crippen LogP contribution in [0.2, 0.25) is 5.02 Å². The fraction of sp³-hybridized carbons (Fsp3) is 0.120. The summed E-state index contributed by atoms with van der Waals surface area (Å²) in [7, 11) is 0. The van der Waals surface area contributed by atoms with E-state index in [0.717, 1.165) is 11.1 Å². The summed E-state index contributed by atoms with van der Waals surface area (Å²) in [6, 6.07) is 16.3. The maximum Gasteiger partial charge on any atom is 0.300 e. The second-order valence-corrected chi connectivity index (χ2v) is 7.90. The highest BCUT2D eigenvalue weighted by molar-refractivity contribution is 6.51. The molecule has 1 amide bonds. The number of anilines is 1. The number of amides is 1. The monoisotopic (exact) mass is 435 g/mol. The Balaban J connectivity index is 1.98. The number of carbonyl (C=O) groups excluding carboxylic acids is 2. The third kappa shape index (κ3) is 3.62. The zero-order chi connectivity index (χ0) is 22.3. The van der Waals surface area contributed by atoms with Crippen LogP contribution in [0.5, 0.6) is 0 Å². The summed E-state index contributed by atoms with van der Waals surface area (Å²) in [6.07, 6.45) is 0. The maximum absolute atomic E-state index is 14.8. The largest absolute Gasteiger partial charge is 0.507 e. The number of aryl methyl sites for hydroxylation is 2. The first kappa shape index (κ1) is 20.8. The van der Waals surface area contributed by atoms with Gasteiger partial charge in [0.25, 0.3) is 11.7 Å². The molecule has 3 aromatic carbocycles. The van der Waals surface area contributed by atoms with Gasteiger partial charge in [0.05, 0.1) is 11.6 Å². The quantitative estimate of drug-likeness (QED) is 0.325. The van der Waals surface area contributed by atoms with E-state index < -0.39 is 23.5 Å². The molecule has 4 rings (SSSR count). The van der Waals surface area contributed by atoms with Crippen molar-refractivity contribution in [3.8, 4) is 0 Å². The Morgan fingerprint density at radius 2 is 1.65 bits per heavy atom. The molecule has 0 bridgehead atoms. The Kier molecular flexibility index (Phi) is 5.38. The van der Waals surface area contributed by atoms with Crippen LogP contribution in [0.1, 0.15) is 28.3 Å². The van der Waals surface area contributed by atoms with Crippen molar-refractivity contribution >= 4 is 34.7 Å². The number of hydrogen-bond donors (Lipinski definition) is 1. The Labute approximate surface area is 184 Å². The minimum Gasteiger partial charge on any atom is -0.507 e. The zero-order valence-electron chi connectivity index (χ0n) is 16.9. The molecule has 0 aromatic heterocycles. The molecule has 4 nitrogen and oxygen atoms in total. The van der Waals surface area contributed by atoms with Crippen molar-refractivity contribution in [2.75, 3.05) is 4.90 Å². The fourth-order valence-corrected chi connectivity index (χ4v) is 3.85. The van der Waals surface area contributed by atoms with Crippen LogP contribution in [0, 0.1) is 19.7 Å². The number of aliphatic hydroxyl groups is 1. The number of nitrogens with zero attached hydrogens (tertiary/aromatic N) is 1. The first-order valence-electron chi connectivity index (χ1n) is 9.68. The van der Waals surface area contributed by atoms with Crippen LogP contribution in [0.4, 0.5) is 10.1 Å². The number of hydrogen-bond acceptors (Lipinski definition) is 3. The van der Waals surface area contributed by atoms with Crippen molar-refractivity contribution < 1.29 is 19.1 Å². The molecule has 156 valence electrons. The summed E-state index contributed by atoms with van der Waals surface area (Å²) in [5.74, 6) is -2.66. The average molecular weight is 436 g/mol. The minimum atomic E-state index is -1.11. The van der Waals surface area contributed by atoms with Crippen molar-refractivity contribution in [3.05, 3.63) is 105 Å². The summed E-state index contributed by atoms with van der Waals surface area (Å²) in [5, 5.41) is 11.5. The molecule has 1 N–H and O–H groups in total. The van der Waals surface area contributed by atoms with Gasteiger partial charge in [-0.2, -0.15) is 0 Å². The Hall–Kier alpha value is -3.44. The van der Waals surface area contributed by atoms with Crippen molar-refractivity contribution in [3.63, 3.8) is 0 Å². The number of rotatable bonds is 3. The number of carbonyl (C=O) groups is 2. The highest BCUT2D eigenvalue weighted by atomic mass is 35.5. The van der Waals surface area contributed by atoms with E-state index in [-0.39, 0.29) is 16.9 Å². The molecular formula is C25H19ClFNO3. The molecule has 1 aliphatic rings. The molecule has 0 aliphatic carbocycles. The Morgan fingerprint density at radius 1 is 0.968 bits per heavy atom. The number of aliphatic hydroxyl groups excluding tert-OH is 1. The van der Waals surface area contributed by atoms with Crippen molar-refractivity contribution in [1.29, 1.82) is 0 Å². The van der Waals surface area contributed by atoms with E-state index in [1.54, 1.807) is 42.5 Å². The highest BCUT2D eigenvalue weighted by Crippen LogP contribution is 2.43. The minimum absolute atomic E-state index is 0.121. The van der Waals surface area contributed by atoms with E-state index in [0.29, 0.717) is 16.3 Å².